The molecule has 1 aromatic carbocycles. The van der Waals surface area contributed by atoms with Crippen LogP contribution in [0.4, 0.5) is 11.4 Å². The van der Waals surface area contributed by atoms with Crippen LogP contribution >= 0.6 is 11.5 Å². The third-order valence-corrected chi connectivity index (χ3v) is 4.30. The topological polar surface area (TPSA) is 62.3 Å². The van der Waals surface area contributed by atoms with Gasteiger partial charge in [-0.15, -0.1) is 0 Å². The lowest BCUT2D eigenvalue weighted by Gasteiger charge is -2.23. The van der Waals surface area contributed by atoms with E-state index < -0.39 is 0 Å². The molecule has 1 aliphatic heterocycles. The molecule has 2 aromatic rings. The Labute approximate surface area is 126 Å². The van der Waals surface area contributed by atoms with Crippen LogP contribution in [0.2, 0.25) is 0 Å². The molecule has 21 heavy (non-hydrogen) atoms. The van der Waals surface area contributed by atoms with Crippen LogP contribution in [0, 0.1) is 12.8 Å². The number of amides is 2. The van der Waals surface area contributed by atoms with Crippen LogP contribution in [0.15, 0.2) is 29.6 Å². The lowest BCUT2D eigenvalue weighted by atomic mass is 10.1. The maximum atomic E-state index is 12.8. The predicted molar refractivity (Wildman–Crippen MR) is 82.8 cm³/mol. The molecule has 0 radical (unpaired) electrons. The van der Waals surface area contributed by atoms with E-state index in [4.69, 9.17) is 0 Å². The van der Waals surface area contributed by atoms with E-state index in [0.717, 1.165) is 11.4 Å². The highest BCUT2D eigenvalue weighted by Crippen LogP contribution is 2.31. The summed E-state index contributed by atoms with van der Waals surface area (Å²) >= 11 is 1.27. The van der Waals surface area contributed by atoms with Gasteiger partial charge >= 0.3 is 0 Å². The number of carbonyl (C=O) groups is 2. The van der Waals surface area contributed by atoms with Crippen molar-refractivity contribution in [2.75, 3.05) is 16.8 Å². The second-order valence-corrected chi connectivity index (χ2v) is 5.77. The molecule has 0 fully saturated rings. The number of aryl methyl sites for hydroxylation is 1. The Morgan fingerprint density at radius 2 is 2.19 bits per heavy atom. The quantitative estimate of drug-likeness (QED) is 0.881. The van der Waals surface area contributed by atoms with Gasteiger partial charge in [-0.05, 0) is 30.6 Å². The third kappa shape index (κ3) is 2.42. The van der Waals surface area contributed by atoms with Gasteiger partial charge in [-0.25, -0.2) is 0 Å². The molecule has 1 aliphatic rings. The van der Waals surface area contributed by atoms with Gasteiger partial charge in [0.25, 0.3) is 5.91 Å². The molecule has 0 bridgehead atoms. The van der Waals surface area contributed by atoms with E-state index in [1.165, 1.54) is 11.5 Å². The second kappa shape index (κ2) is 5.29. The number of fused-ring (bicyclic) bond motifs is 1. The number of carbonyl (C=O) groups excluding carboxylic acids is 2. The van der Waals surface area contributed by atoms with Crippen molar-refractivity contribution >= 4 is 34.7 Å². The molecule has 2 heterocycles. The molecule has 108 valence electrons. The van der Waals surface area contributed by atoms with Crippen molar-refractivity contribution in [3.05, 3.63) is 40.9 Å². The van der Waals surface area contributed by atoms with Crippen LogP contribution in [0.1, 0.15) is 23.0 Å². The average Bonchev–Trinajstić information content (AvgIpc) is 2.85. The van der Waals surface area contributed by atoms with E-state index in [1.54, 1.807) is 10.3 Å². The van der Waals surface area contributed by atoms with Crippen LogP contribution in [-0.2, 0) is 4.79 Å². The summed E-state index contributed by atoms with van der Waals surface area (Å²) in [6, 6.07) is 7.36. The zero-order chi connectivity index (χ0) is 15.0. The summed E-state index contributed by atoms with van der Waals surface area (Å²) < 4.78 is 4.16. The summed E-state index contributed by atoms with van der Waals surface area (Å²) in [6.07, 6.45) is 0. The highest BCUT2D eigenvalue weighted by molar-refractivity contribution is 7.04. The summed E-state index contributed by atoms with van der Waals surface area (Å²) in [5, 5.41) is 4.63. The van der Waals surface area contributed by atoms with Gasteiger partial charge < -0.3 is 10.2 Å². The monoisotopic (exact) mass is 301 g/mol. The van der Waals surface area contributed by atoms with Crippen molar-refractivity contribution in [2.24, 2.45) is 5.92 Å². The predicted octanol–water partition coefficient (Wildman–Crippen LogP) is 2.69. The summed E-state index contributed by atoms with van der Waals surface area (Å²) in [4.78, 5) is 26.5. The molecule has 6 heteroatoms. The van der Waals surface area contributed by atoms with E-state index in [0.29, 0.717) is 17.8 Å². The highest BCUT2D eigenvalue weighted by Gasteiger charge is 2.30. The Hall–Kier alpha value is -2.21. The third-order valence-electron chi connectivity index (χ3n) is 3.58. The zero-order valence-corrected chi connectivity index (χ0v) is 12.6. The molecule has 1 N–H and O–H groups in total. The van der Waals surface area contributed by atoms with Gasteiger partial charge in [-0.3, -0.25) is 9.59 Å². The Bertz CT molecular complexity index is 710. The summed E-state index contributed by atoms with van der Waals surface area (Å²) in [6.45, 7) is 4.00. The van der Waals surface area contributed by atoms with Gasteiger partial charge in [0.05, 0.1) is 28.6 Å². The Morgan fingerprint density at radius 3 is 2.90 bits per heavy atom. The molecule has 3 rings (SSSR count). The Morgan fingerprint density at radius 1 is 1.43 bits per heavy atom. The summed E-state index contributed by atoms with van der Waals surface area (Å²) in [7, 11) is 0. The fourth-order valence-electron chi connectivity index (χ4n) is 2.36. The van der Waals surface area contributed by atoms with Crippen molar-refractivity contribution in [3.8, 4) is 0 Å². The van der Waals surface area contributed by atoms with Gasteiger partial charge in [-0.2, -0.15) is 4.37 Å². The van der Waals surface area contributed by atoms with Gasteiger partial charge in [0.1, 0.15) is 0 Å². The molecular formula is C15H15N3O2S. The molecular weight excluding hydrogens is 286 g/mol. The van der Waals surface area contributed by atoms with Gasteiger partial charge in [0, 0.05) is 11.9 Å². The zero-order valence-electron chi connectivity index (χ0n) is 11.8. The molecule has 0 spiro atoms. The van der Waals surface area contributed by atoms with E-state index in [2.05, 4.69) is 9.69 Å². The molecule has 2 amide bonds. The van der Waals surface area contributed by atoms with Crippen LogP contribution < -0.4 is 10.2 Å². The van der Waals surface area contributed by atoms with E-state index >= 15 is 0 Å². The van der Waals surface area contributed by atoms with Gasteiger partial charge in [0.15, 0.2) is 0 Å². The van der Waals surface area contributed by atoms with Crippen molar-refractivity contribution in [1.29, 1.82) is 0 Å². The fraction of sp³-hybridized carbons (Fsp3) is 0.267. The van der Waals surface area contributed by atoms with Gasteiger partial charge in [-0.1, -0.05) is 19.1 Å². The lowest BCUT2D eigenvalue weighted by Crippen LogP contribution is -2.36. The molecule has 0 aliphatic carbocycles. The Balaban J connectivity index is 2.06. The molecule has 1 aromatic heterocycles. The fourth-order valence-corrected chi connectivity index (χ4v) is 3.05. The lowest BCUT2D eigenvalue weighted by molar-refractivity contribution is -0.119. The Kier molecular flexibility index (Phi) is 3.47. The number of benzene rings is 1. The van der Waals surface area contributed by atoms with E-state index in [-0.39, 0.29) is 17.7 Å². The first-order valence-corrected chi connectivity index (χ1v) is 7.54. The largest absolute Gasteiger partial charge is 0.324 e. The SMILES string of the molecule is Cc1nscc1C(=O)N1C[C@@H](C)C(=O)Nc2ccccc21. The number of hydrogen-bond acceptors (Lipinski definition) is 4. The maximum absolute atomic E-state index is 12.8. The first-order valence-electron chi connectivity index (χ1n) is 6.70. The van der Waals surface area contributed by atoms with Crippen molar-refractivity contribution in [3.63, 3.8) is 0 Å². The minimum absolute atomic E-state index is 0.0714. The summed E-state index contributed by atoms with van der Waals surface area (Å²) in [5.41, 5.74) is 2.71. The molecule has 0 unspecified atom stereocenters. The number of nitrogens with one attached hydrogen (secondary N) is 1. The second-order valence-electron chi connectivity index (χ2n) is 5.14. The highest BCUT2D eigenvalue weighted by atomic mass is 32.1. The van der Waals surface area contributed by atoms with Crippen LogP contribution in [-0.4, -0.2) is 22.7 Å². The van der Waals surface area contributed by atoms with E-state index in [9.17, 15) is 9.59 Å². The minimum atomic E-state index is -0.270. The standard InChI is InChI=1S/C15H15N3O2S/c1-9-7-18(15(20)11-8-21-17-10(11)2)13-6-4-3-5-12(13)16-14(9)19/h3-6,8-9H,7H2,1-2H3,(H,16,19)/t9-/m1/s1. The van der Waals surface area contributed by atoms with Crippen LogP contribution in [0.5, 0.6) is 0 Å². The normalized spacial score (nSPS) is 17.9. The first kappa shape index (κ1) is 13.8. The van der Waals surface area contributed by atoms with Crippen molar-refractivity contribution in [2.45, 2.75) is 13.8 Å². The number of rotatable bonds is 1. The van der Waals surface area contributed by atoms with Gasteiger partial charge in [0.2, 0.25) is 5.91 Å². The smallest absolute Gasteiger partial charge is 0.261 e. The molecule has 1 atom stereocenters. The van der Waals surface area contributed by atoms with Crippen molar-refractivity contribution in [1.82, 2.24) is 4.37 Å². The number of aromatic nitrogens is 1. The maximum Gasteiger partial charge on any atom is 0.261 e. The first-order chi connectivity index (χ1) is 10.1. The van der Waals surface area contributed by atoms with E-state index in [1.807, 2.05) is 38.1 Å². The number of anilines is 2. The molecule has 0 saturated heterocycles. The average molecular weight is 301 g/mol. The summed E-state index contributed by atoms with van der Waals surface area (Å²) in [5.74, 6) is -0.455. The molecule has 0 saturated carbocycles. The van der Waals surface area contributed by atoms with Crippen molar-refractivity contribution < 1.29 is 9.59 Å². The number of nitrogens with zero attached hydrogens (tertiary/aromatic N) is 2. The molecule has 5 nitrogen and oxygen atoms in total. The van der Waals surface area contributed by atoms with Crippen LogP contribution in [0.3, 0.4) is 0 Å². The number of hydrogen-bond donors (Lipinski definition) is 1. The minimum Gasteiger partial charge on any atom is -0.324 e. The number of para-hydroxylation sites is 2. The van der Waals surface area contributed by atoms with Crippen LogP contribution in [0.25, 0.3) is 0 Å².